The highest BCUT2D eigenvalue weighted by atomic mass is 32.1. The molecule has 2 aliphatic rings. The average molecular weight is 371 g/mol. The summed E-state index contributed by atoms with van der Waals surface area (Å²) in [5.41, 5.74) is 3.58. The summed E-state index contributed by atoms with van der Waals surface area (Å²) in [6.45, 7) is 2.92. The molecule has 0 radical (unpaired) electrons. The van der Waals surface area contributed by atoms with E-state index < -0.39 is 0 Å². The number of fused-ring (bicyclic) bond motifs is 2. The molecule has 6 heteroatoms. The number of benzene rings is 1. The van der Waals surface area contributed by atoms with Crippen molar-refractivity contribution in [2.45, 2.75) is 50.9 Å². The van der Waals surface area contributed by atoms with Crippen LogP contribution in [0.25, 0.3) is 10.6 Å². The molecule has 3 unspecified atom stereocenters. The molecule has 0 saturated carbocycles. The molecule has 3 heterocycles. The molecular weight excluding hydrogens is 344 g/mol. The molecule has 2 bridgehead atoms. The molecule has 138 valence electrons. The van der Waals surface area contributed by atoms with E-state index in [0.717, 1.165) is 36.0 Å². The number of thiazole rings is 1. The average Bonchev–Trinajstić information content (AvgIpc) is 3.38. The lowest BCUT2D eigenvalue weighted by Crippen LogP contribution is -2.47. The van der Waals surface area contributed by atoms with Crippen LogP contribution in [0.4, 0.5) is 0 Å². The van der Waals surface area contributed by atoms with Gasteiger partial charge in [-0.3, -0.25) is 4.99 Å². The van der Waals surface area contributed by atoms with Crippen LogP contribution in [0.1, 0.15) is 30.5 Å². The molecule has 0 amide bonds. The second-order valence-electron chi connectivity index (χ2n) is 7.12. The second-order valence-corrected chi connectivity index (χ2v) is 7.98. The van der Waals surface area contributed by atoms with E-state index in [1.807, 2.05) is 7.05 Å². The van der Waals surface area contributed by atoms with E-state index in [-0.39, 0.29) is 0 Å². The first-order valence-corrected chi connectivity index (χ1v) is 10.2. The Morgan fingerprint density at radius 2 is 2.15 bits per heavy atom. The first kappa shape index (κ1) is 17.5. The topological polar surface area (TPSA) is 58.5 Å². The van der Waals surface area contributed by atoms with Crippen molar-refractivity contribution in [3.05, 3.63) is 40.9 Å². The molecule has 2 aliphatic heterocycles. The van der Waals surface area contributed by atoms with Crippen LogP contribution in [0, 0.1) is 6.92 Å². The van der Waals surface area contributed by atoms with Crippen LogP contribution in [-0.2, 0) is 11.2 Å². The van der Waals surface area contributed by atoms with Crippen molar-refractivity contribution < 1.29 is 4.74 Å². The number of hydrogen-bond acceptors (Lipinski definition) is 4. The zero-order valence-corrected chi connectivity index (χ0v) is 16.2. The maximum atomic E-state index is 5.90. The molecule has 3 atom stereocenters. The highest BCUT2D eigenvalue weighted by molar-refractivity contribution is 7.13. The third-order valence-electron chi connectivity index (χ3n) is 5.18. The Hall–Kier alpha value is -1.92. The van der Waals surface area contributed by atoms with E-state index in [9.17, 15) is 0 Å². The molecule has 2 N–H and O–H groups in total. The summed E-state index contributed by atoms with van der Waals surface area (Å²) in [4.78, 5) is 9.11. The van der Waals surface area contributed by atoms with E-state index in [1.54, 1.807) is 11.3 Å². The number of hydrogen-bond donors (Lipinski definition) is 2. The van der Waals surface area contributed by atoms with Gasteiger partial charge in [0.15, 0.2) is 5.96 Å². The van der Waals surface area contributed by atoms with Crippen LogP contribution >= 0.6 is 11.3 Å². The summed E-state index contributed by atoms with van der Waals surface area (Å²) in [7, 11) is 1.82. The predicted octanol–water partition coefficient (Wildman–Crippen LogP) is 3.15. The lowest BCUT2D eigenvalue weighted by molar-refractivity contribution is 0.0992. The number of rotatable bonds is 5. The van der Waals surface area contributed by atoms with Gasteiger partial charge in [-0.2, -0.15) is 0 Å². The van der Waals surface area contributed by atoms with Gasteiger partial charge in [-0.15, -0.1) is 11.3 Å². The van der Waals surface area contributed by atoms with Gasteiger partial charge in [0.25, 0.3) is 0 Å². The van der Waals surface area contributed by atoms with Crippen LogP contribution in [0.5, 0.6) is 0 Å². The van der Waals surface area contributed by atoms with Gasteiger partial charge in [-0.1, -0.05) is 29.8 Å². The smallest absolute Gasteiger partial charge is 0.191 e. The molecule has 1 aromatic heterocycles. The van der Waals surface area contributed by atoms with Crippen LogP contribution in [0.2, 0.25) is 0 Å². The largest absolute Gasteiger partial charge is 0.373 e. The van der Waals surface area contributed by atoms with Gasteiger partial charge in [0.2, 0.25) is 0 Å². The number of aryl methyl sites for hydroxylation is 1. The number of guanidine groups is 1. The fraction of sp³-hybridized carbons (Fsp3) is 0.500. The van der Waals surface area contributed by atoms with Crippen molar-refractivity contribution in [3.8, 4) is 10.6 Å². The van der Waals surface area contributed by atoms with Crippen molar-refractivity contribution in [1.82, 2.24) is 15.6 Å². The van der Waals surface area contributed by atoms with Crippen molar-refractivity contribution >= 4 is 17.3 Å². The molecular formula is C20H26N4OS. The van der Waals surface area contributed by atoms with E-state index in [4.69, 9.17) is 9.72 Å². The summed E-state index contributed by atoms with van der Waals surface area (Å²) in [5.74, 6) is 0.861. The molecule has 2 fully saturated rings. The maximum Gasteiger partial charge on any atom is 0.191 e. The number of ether oxygens (including phenoxy) is 1. The Morgan fingerprint density at radius 1 is 1.31 bits per heavy atom. The first-order chi connectivity index (χ1) is 12.7. The first-order valence-electron chi connectivity index (χ1n) is 9.35. The summed E-state index contributed by atoms with van der Waals surface area (Å²) in [6, 6.07) is 8.94. The fourth-order valence-corrected chi connectivity index (χ4v) is 4.58. The Kier molecular flexibility index (Phi) is 5.22. The van der Waals surface area contributed by atoms with Gasteiger partial charge < -0.3 is 15.4 Å². The van der Waals surface area contributed by atoms with Crippen LogP contribution < -0.4 is 10.6 Å². The van der Waals surface area contributed by atoms with Gasteiger partial charge >= 0.3 is 0 Å². The third-order valence-corrected chi connectivity index (χ3v) is 6.12. The zero-order chi connectivity index (χ0) is 17.9. The minimum Gasteiger partial charge on any atom is -0.373 e. The number of nitrogens with zero attached hydrogens (tertiary/aromatic N) is 2. The monoisotopic (exact) mass is 370 g/mol. The number of aliphatic imine (C=N–C) groups is 1. The molecule has 2 saturated heterocycles. The summed E-state index contributed by atoms with van der Waals surface area (Å²) in [5, 5.41) is 10.2. The van der Waals surface area contributed by atoms with E-state index >= 15 is 0 Å². The minimum atomic E-state index is 0.356. The Labute approximate surface area is 158 Å². The van der Waals surface area contributed by atoms with Gasteiger partial charge in [0.05, 0.1) is 23.9 Å². The number of nitrogens with one attached hydrogen (secondary N) is 2. The normalized spacial score (nSPS) is 24.8. The molecule has 1 aromatic carbocycles. The standard InChI is InChI=1S/C20H26N4OS/c1-13-3-5-14(6-4-13)19-23-15(12-26-19)9-10-22-20(21-2)24-17-11-16-7-8-18(17)25-16/h3-6,12,16-18H,7-11H2,1-2H3,(H2,21,22,24). The van der Waals surface area contributed by atoms with Gasteiger partial charge in [-0.05, 0) is 26.2 Å². The molecule has 0 aliphatic carbocycles. The Morgan fingerprint density at radius 3 is 2.85 bits per heavy atom. The molecule has 0 spiro atoms. The quantitative estimate of drug-likeness (QED) is 0.627. The molecule has 4 rings (SSSR count). The minimum absolute atomic E-state index is 0.356. The summed E-state index contributed by atoms with van der Waals surface area (Å²) < 4.78 is 5.90. The van der Waals surface area contributed by atoms with Crippen molar-refractivity contribution in [2.75, 3.05) is 13.6 Å². The third kappa shape index (κ3) is 3.91. The Bertz CT molecular complexity index is 770. The van der Waals surface area contributed by atoms with Crippen LogP contribution in [0.3, 0.4) is 0 Å². The highest BCUT2D eigenvalue weighted by Crippen LogP contribution is 2.34. The lowest BCUT2D eigenvalue weighted by atomic mass is 9.96. The summed E-state index contributed by atoms with van der Waals surface area (Å²) >= 11 is 1.71. The van der Waals surface area contributed by atoms with Crippen LogP contribution in [-0.4, -0.2) is 42.8 Å². The van der Waals surface area contributed by atoms with E-state index in [2.05, 4.69) is 52.2 Å². The molecule has 2 aromatic rings. The predicted molar refractivity (Wildman–Crippen MR) is 107 cm³/mol. The maximum absolute atomic E-state index is 5.90. The zero-order valence-electron chi connectivity index (χ0n) is 15.4. The lowest BCUT2D eigenvalue weighted by Gasteiger charge is -2.22. The fourth-order valence-electron chi connectivity index (χ4n) is 3.72. The number of aromatic nitrogens is 1. The highest BCUT2D eigenvalue weighted by Gasteiger charge is 2.41. The SMILES string of the molecule is CN=C(NCCc1csc(-c2ccc(C)cc2)n1)NC1CC2CCC1O2. The van der Waals surface area contributed by atoms with E-state index in [1.165, 1.54) is 24.0 Å². The molecule has 26 heavy (non-hydrogen) atoms. The van der Waals surface area contributed by atoms with Gasteiger partial charge in [0, 0.05) is 31.0 Å². The summed E-state index contributed by atoms with van der Waals surface area (Å²) in [6.07, 6.45) is 5.16. The van der Waals surface area contributed by atoms with Gasteiger partial charge in [-0.25, -0.2) is 4.98 Å². The van der Waals surface area contributed by atoms with Crippen molar-refractivity contribution in [3.63, 3.8) is 0 Å². The molecule has 5 nitrogen and oxygen atoms in total. The van der Waals surface area contributed by atoms with Crippen molar-refractivity contribution in [1.29, 1.82) is 0 Å². The second kappa shape index (κ2) is 7.76. The van der Waals surface area contributed by atoms with Crippen LogP contribution in [0.15, 0.2) is 34.6 Å². The Balaban J connectivity index is 1.27. The van der Waals surface area contributed by atoms with Crippen molar-refractivity contribution in [2.24, 2.45) is 4.99 Å². The van der Waals surface area contributed by atoms with Gasteiger partial charge in [0.1, 0.15) is 5.01 Å². The van der Waals surface area contributed by atoms with E-state index in [0.29, 0.717) is 18.2 Å².